The Hall–Kier alpha value is -2.75. The summed E-state index contributed by atoms with van der Waals surface area (Å²) >= 11 is 0. The van der Waals surface area contributed by atoms with E-state index in [-0.39, 0.29) is 10.6 Å². The van der Waals surface area contributed by atoms with E-state index in [1.54, 1.807) is 12.1 Å². The summed E-state index contributed by atoms with van der Waals surface area (Å²) in [4.78, 5) is 12.8. The maximum absolute atomic E-state index is 12.8. The number of benzene rings is 1. The molecule has 1 aliphatic heterocycles. The molecule has 9 heteroatoms. The van der Waals surface area contributed by atoms with Crippen LogP contribution in [0, 0.1) is 0 Å². The predicted octanol–water partition coefficient (Wildman–Crippen LogP) is 1.21. The zero-order valence-electron chi connectivity index (χ0n) is 15.2. The van der Waals surface area contributed by atoms with E-state index in [0.717, 1.165) is 11.1 Å². The van der Waals surface area contributed by atoms with Crippen LogP contribution in [0.2, 0.25) is 0 Å². The van der Waals surface area contributed by atoms with Crippen LogP contribution in [0.5, 0.6) is 0 Å². The molecule has 0 spiro atoms. The molecule has 0 unspecified atom stereocenters. The summed E-state index contributed by atoms with van der Waals surface area (Å²) in [5.74, 6) is 0. The van der Waals surface area contributed by atoms with Crippen molar-refractivity contribution in [1.29, 1.82) is 0 Å². The number of hydrogen-bond donors (Lipinski definition) is 0. The number of pyridine rings is 1. The lowest BCUT2D eigenvalue weighted by Gasteiger charge is -2.25. The molecule has 0 saturated carbocycles. The van der Waals surface area contributed by atoms with Gasteiger partial charge in [0.1, 0.15) is 0 Å². The largest absolute Gasteiger partial charge is 0.379 e. The van der Waals surface area contributed by atoms with Crippen LogP contribution in [0.1, 0.15) is 11.1 Å². The number of aromatic nitrogens is 3. The molecule has 146 valence electrons. The van der Waals surface area contributed by atoms with Crippen LogP contribution in [0.4, 0.5) is 0 Å². The van der Waals surface area contributed by atoms with Crippen molar-refractivity contribution in [2.75, 3.05) is 26.3 Å². The molecular weight excluding hydrogens is 380 g/mol. The van der Waals surface area contributed by atoms with Crippen molar-refractivity contribution in [3.8, 4) is 0 Å². The molecule has 0 aliphatic carbocycles. The Bertz CT molecular complexity index is 1170. The van der Waals surface area contributed by atoms with Crippen molar-refractivity contribution in [1.82, 2.24) is 18.5 Å². The molecule has 1 fully saturated rings. The van der Waals surface area contributed by atoms with Crippen LogP contribution in [0.3, 0.4) is 0 Å². The van der Waals surface area contributed by atoms with Crippen LogP contribution in [-0.2, 0) is 21.3 Å². The lowest BCUT2D eigenvalue weighted by Crippen LogP contribution is -2.40. The monoisotopic (exact) mass is 400 g/mol. The summed E-state index contributed by atoms with van der Waals surface area (Å²) in [6.07, 6.45) is 3.09. The second-order valence-corrected chi connectivity index (χ2v) is 8.43. The molecule has 8 nitrogen and oxygen atoms in total. The molecule has 0 amide bonds. The summed E-state index contributed by atoms with van der Waals surface area (Å²) in [6.45, 7) is 5.35. The average molecular weight is 400 g/mol. The maximum atomic E-state index is 12.8. The number of ether oxygens (including phenoxy) is 1. The molecule has 3 aromatic rings. The van der Waals surface area contributed by atoms with Gasteiger partial charge in [-0.3, -0.25) is 0 Å². The number of nitrogens with zero attached hydrogens (tertiary/aromatic N) is 4. The highest BCUT2D eigenvalue weighted by Gasteiger charge is 2.27. The van der Waals surface area contributed by atoms with E-state index in [1.165, 1.54) is 25.7 Å². The second-order valence-electron chi connectivity index (χ2n) is 6.50. The fourth-order valence-electron chi connectivity index (χ4n) is 3.12. The fourth-order valence-corrected chi connectivity index (χ4v) is 4.53. The molecular formula is C19H20N4O4S. The minimum absolute atomic E-state index is 0.0684. The number of fused-ring (bicyclic) bond motifs is 1. The average Bonchev–Trinajstić information content (AvgIpc) is 3.04. The van der Waals surface area contributed by atoms with Gasteiger partial charge in [-0.1, -0.05) is 36.9 Å². The third kappa shape index (κ3) is 3.39. The number of hydrogen-bond acceptors (Lipinski definition) is 5. The van der Waals surface area contributed by atoms with E-state index in [9.17, 15) is 13.2 Å². The standard InChI is InChI=1S/C19H20N4O4S/c1-2-15-3-5-16(6-4-15)13-23-19(24)22-14-17(7-8-18(22)20-23)28(25,26)21-9-11-27-12-10-21/h2-8,14H,1,9-13H2. The quantitative estimate of drug-likeness (QED) is 0.643. The van der Waals surface area contributed by atoms with Gasteiger partial charge in [-0.2, -0.15) is 4.31 Å². The molecule has 2 aromatic heterocycles. The van der Waals surface area contributed by atoms with Gasteiger partial charge < -0.3 is 4.74 Å². The van der Waals surface area contributed by atoms with Crippen molar-refractivity contribution in [2.45, 2.75) is 11.4 Å². The van der Waals surface area contributed by atoms with Gasteiger partial charge in [0.05, 0.1) is 24.7 Å². The Morgan fingerprint density at radius 1 is 1.11 bits per heavy atom. The number of morpholine rings is 1. The van der Waals surface area contributed by atoms with E-state index in [1.807, 2.05) is 24.3 Å². The van der Waals surface area contributed by atoms with Crippen molar-refractivity contribution in [3.63, 3.8) is 0 Å². The Labute approximate surface area is 162 Å². The van der Waals surface area contributed by atoms with Gasteiger partial charge >= 0.3 is 5.69 Å². The normalized spacial score (nSPS) is 15.7. The molecule has 1 saturated heterocycles. The Morgan fingerprint density at radius 2 is 1.82 bits per heavy atom. The minimum Gasteiger partial charge on any atom is -0.379 e. The molecule has 0 atom stereocenters. The first-order valence-electron chi connectivity index (χ1n) is 8.87. The van der Waals surface area contributed by atoms with Crippen LogP contribution >= 0.6 is 0 Å². The SMILES string of the molecule is C=Cc1ccc(Cn2nc3ccc(S(=O)(=O)N4CCOCC4)cn3c2=O)cc1. The van der Waals surface area contributed by atoms with Crippen molar-refractivity contribution >= 4 is 21.7 Å². The number of sulfonamides is 1. The third-order valence-electron chi connectivity index (χ3n) is 4.71. The van der Waals surface area contributed by atoms with Gasteiger partial charge in [-0.25, -0.2) is 22.3 Å². The fraction of sp³-hybridized carbons (Fsp3) is 0.263. The predicted molar refractivity (Wildman–Crippen MR) is 105 cm³/mol. The third-order valence-corrected chi connectivity index (χ3v) is 6.59. The van der Waals surface area contributed by atoms with Gasteiger partial charge in [0, 0.05) is 19.3 Å². The van der Waals surface area contributed by atoms with E-state index in [4.69, 9.17) is 4.74 Å². The highest BCUT2D eigenvalue weighted by atomic mass is 32.2. The molecule has 1 aromatic carbocycles. The summed E-state index contributed by atoms with van der Waals surface area (Å²) in [6, 6.07) is 10.7. The van der Waals surface area contributed by atoms with Gasteiger partial charge in [-0.05, 0) is 23.3 Å². The van der Waals surface area contributed by atoms with Crippen molar-refractivity contribution in [2.24, 2.45) is 0 Å². The lowest BCUT2D eigenvalue weighted by atomic mass is 10.1. The first-order chi connectivity index (χ1) is 13.5. The van der Waals surface area contributed by atoms with Gasteiger partial charge in [0.2, 0.25) is 10.0 Å². The van der Waals surface area contributed by atoms with E-state index < -0.39 is 10.0 Å². The molecule has 3 heterocycles. The zero-order chi connectivity index (χ0) is 19.7. The molecule has 0 N–H and O–H groups in total. The van der Waals surface area contributed by atoms with Crippen LogP contribution < -0.4 is 5.69 Å². The molecule has 4 rings (SSSR count). The maximum Gasteiger partial charge on any atom is 0.350 e. The molecule has 0 radical (unpaired) electrons. The van der Waals surface area contributed by atoms with Crippen molar-refractivity contribution < 1.29 is 13.2 Å². The van der Waals surface area contributed by atoms with E-state index >= 15 is 0 Å². The smallest absolute Gasteiger partial charge is 0.350 e. The van der Waals surface area contributed by atoms with Crippen LogP contribution in [0.15, 0.2) is 58.9 Å². The van der Waals surface area contributed by atoms with E-state index in [2.05, 4.69) is 11.7 Å². The van der Waals surface area contributed by atoms with Crippen LogP contribution in [-0.4, -0.2) is 53.2 Å². The molecule has 28 heavy (non-hydrogen) atoms. The Balaban J connectivity index is 1.67. The minimum atomic E-state index is -3.68. The molecule has 1 aliphatic rings. The lowest BCUT2D eigenvalue weighted by molar-refractivity contribution is 0.0730. The Kier molecular flexibility index (Phi) is 4.88. The first kappa shape index (κ1) is 18.6. The van der Waals surface area contributed by atoms with Gasteiger partial charge in [0.25, 0.3) is 0 Å². The zero-order valence-corrected chi connectivity index (χ0v) is 16.0. The van der Waals surface area contributed by atoms with E-state index in [0.29, 0.717) is 38.5 Å². The van der Waals surface area contributed by atoms with Gasteiger partial charge in [0.15, 0.2) is 5.65 Å². The van der Waals surface area contributed by atoms with Gasteiger partial charge in [-0.15, -0.1) is 5.10 Å². The molecule has 0 bridgehead atoms. The summed E-state index contributed by atoms with van der Waals surface area (Å²) in [5, 5.41) is 4.30. The number of rotatable bonds is 5. The Morgan fingerprint density at radius 3 is 2.50 bits per heavy atom. The summed E-state index contributed by atoms with van der Waals surface area (Å²) in [7, 11) is -3.68. The summed E-state index contributed by atoms with van der Waals surface area (Å²) in [5.41, 5.74) is 1.91. The highest BCUT2D eigenvalue weighted by molar-refractivity contribution is 7.89. The summed E-state index contributed by atoms with van der Waals surface area (Å²) < 4.78 is 34.8. The topological polar surface area (TPSA) is 85.9 Å². The first-order valence-corrected chi connectivity index (χ1v) is 10.3. The van der Waals surface area contributed by atoms with Crippen LogP contribution in [0.25, 0.3) is 11.7 Å². The highest BCUT2D eigenvalue weighted by Crippen LogP contribution is 2.17. The second kappa shape index (κ2) is 7.34. The van der Waals surface area contributed by atoms with Crippen molar-refractivity contribution in [3.05, 3.63) is 70.8 Å².